The van der Waals surface area contributed by atoms with E-state index in [-0.39, 0.29) is 0 Å². The molecule has 0 heterocycles. The second kappa shape index (κ2) is 7.12. The van der Waals surface area contributed by atoms with E-state index in [0.29, 0.717) is 6.04 Å². The summed E-state index contributed by atoms with van der Waals surface area (Å²) in [6.45, 7) is 5.31. The Balaban J connectivity index is 2.25. The van der Waals surface area contributed by atoms with E-state index in [4.69, 9.17) is 11.6 Å². The number of hydrogen-bond donors (Lipinski definition) is 1. The zero-order valence-corrected chi connectivity index (χ0v) is 12.8. The zero-order valence-electron chi connectivity index (χ0n) is 12.0. The largest absolute Gasteiger partial charge is 0.307 e. The fraction of sp³-hybridized carbons (Fsp3) is 0.529. The van der Waals surface area contributed by atoms with Gasteiger partial charge in [-0.1, -0.05) is 42.3 Å². The molecule has 1 aromatic carbocycles. The number of rotatable bonds is 5. The molecule has 1 aliphatic rings. The minimum atomic E-state index is 0.346. The van der Waals surface area contributed by atoms with E-state index < -0.39 is 0 Å². The Bertz CT molecular complexity index is 451. The van der Waals surface area contributed by atoms with Crippen LogP contribution >= 0.6 is 11.6 Å². The molecule has 0 bridgehead atoms. The van der Waals surface area contributed by atoms with Crippen molar-refractivity contribution in [3.8, 4) is 0 Å². The van der Waals surface area contributed by atoms with Gasteiger partial charge < -0.3 is 5.32 Å². The molecule has 0 aliphatic heterocycles. The molecule has 2 rings (SSSR count). The standard InChI is InChI=1S/C17H24ClN/c1-3-11-19-17(14-7-5-4-6-8-14)15-10-9-13(2)16(18)12-15/h7,9-10,12,17,19H,3-6,8,11H2,1-2H3. The molecule has 1 aliphatic carbocycles. The van der Waals surface area contributed by atoms with Crippen molar-refractivity contribution in [2.45, 2.75) is 52.0 Å². The quantitative estimate of drug-likeness (QED) is 0.731. The van der Waals surface area contributed by atoms with Crippen LogP contribution < -0.4 is 5.32 Å². The highest BCUT2D eigenvalue weighted by Crippen LogP contribution is 2.31. The second-order valence-corrected chi connectivity index (χ2v) is 5.83. The first-order valence-corrected chi connectivity index (χ1v) is 7.78. The van der Waals surface area contributed by atoms with Gasteiger partial charge >= 0.3 is 0 Å². The Hall–Kier alpha value is -0.790. The lowest BCUT2D eigenvalue weighted by Gasteiger charge is -2.25. The van der Waals surface area contributed by atoms with Crippen molar-refractivity contribution in [3.05, 3.63) is 46.0 Å². The molecule has 19 heavy (non-hydrogen) atoms. The summed E-state index contributed by atoms with van der Waals surface area (Å²) in [6.07, 6.45) is 8.66. The van der Waals surface area contributed by atoms with E-state index >= 15 is 0 Å². The fourth-order valence-electron chi connectivity index (χ4n) is 2.67. The summed E-state index contributed by atoms with van der Waals surface area (Å²) in [5.74, 6) is 0. The average Bonchev–Trinajstić information content (AvgIpc) is 2.44. The van der Waals surface area contributed by atoms with Crippen LogP contribution in [0.25, 0.3) is 0 Å². The molecule has 0 amide bonds. The molecule has 0 radical (unpaired) electrons. The number of allylic oxidation sites excluding steroid dienone is 1. The van der Waals surface area contributed by atoms with Crippen LogP contribution in [-0.2, 0) is 0 Å². The lowest BCUT2D eigenvalue weighted by Crippen LogP contribution is -2.24. The summed E-state index contributed by atoms with van der Waals surface area (Å²) in [5, 5.41) is 4.55. The van der Waals surface area contributed by atoms with Gasteiger partial charge in [0.2, 0.25) is 0 Å². The summed E-state index contributed by atoms with van der Waals surface area (Å²) in [5.41, 5.74) is 3.99. The van der Waals surface area contributed by atoms with Crippen molar-refractivity contribution in [2.75, 3.05) is 6.54 Å². The van der Waals surface area contributed by atoms with E-state index in [2.05, 4.69) is 43.4 Å². The lowest BCUT2D eigenvalue weighted by atomic mass is 9.89. The summed E-state index contributed by atoms with van der Waals surface area (Å²) >= 11 is 6.28. The van der Waals surface area contributed by atoms with E-state index in [9.17, 15) is 0 Å². The molecule has 0 aromatic heterocycles. The first-order chi connectivity index (χ1) is 9.22. The molecule has 1 nitrogen and oxygen atoms in total. The number of hydrogen-bond acceptors (Lipinski definition) is 1. The van der Waals surface area contributed by atoms with E-state index in [1.54, 1.807) is 5.57 Å². The van der Waals surface area contributed by atoms with Crippen molar-refractivity contribution in [3.63, 3.8) is 0 Å². The summed E-state index contributed by atoms with van der Waals surface area (Å²) in [4.78, 5) is 0. The third kappa shape index (κ3) is 3.84. The van der Waals surface area contributed by atoms with Crippen molar-refractivity contribution in [1.82, 2.24) is 5.32 Å². The van der Waals surface area contributed by atoms with Gasteiger partial charge in [-0.3, -0.25) is 0 Å². The van der Waals surface area contributed by atoms with Gasteiger partial charge in [0.1, 0.15) is 0 Å². The maximum atomic E-state index is 6.28. The predicted octanol–water partition coefficient (Wildman–Crippen LogP) is 5.19. The third-order valence-electron chi connectivity index (χ3n) is 3.82. The van der Waals surface area contributed by atoms with Gasteiger partial charge in [-0.05, 0) is 62.8 Å². The van der Waals surface area contributed by atoms with E-state index in [0.717, 1.165) is 23.6 Å². The summed E-state index contributed by atoms with van der Waals surface area (Å²) < 4.78 is 0. The first-order valence-electron chi connectivity index (χ1n) is 7.40. The molecule has 1 unspecified atom stereocenters. The van der Waals surface area contributed by atoms with Crippen LogP contribution in [0.3, 0.4) is 0 Å². The minimum absolute atomic E-state index is 0.346. The Morgan fingerprint density at radius 3 is 2.79 bits per heavy atom. The van der Waals surface area contributed by atoms with Crippen LogP contribution in [0.5, 0.6) is 0 Å². The lowest BCUT2D eigenvalue weighted by molar-refractivity contribution is 0.547. The molecular weight excluding hydrogens is 254 g/mol. The van der Waals surface area contributed by atoms with Crippen LogP contribution in [0.1, 0.15) is 56.2 Å². The van der Waals surface area contributed by atoms with Gasteiger partial charge in [0.25, 0.3) is 0 Å². The highest BCUT2D eigenvalue weighted by molar-refractivity contribution is 6.31. The maximum Gasteiger partial charge on any atom is 0.0536 e. The van der Waals surface area contributed by atoms with E-state index in [1.165, 1.54) is 31.2 Å². The monoisotopic (exact) mass is 277 g/mol. The second-order valence-electron chi connectivity index (χ2n) is 5.42. The highest BCUT2D eigenvalue weighted by Gasteiger charge is 2.18. The van der Waals surface area contributed by atoms with Gasteiger partial charge in [-0.15, -0.1) is 0 Å². The predicted molar refractivity (Wildman–Crippen MR) is 83.8 cm³/mol. The van der Waals surface area contributed by atoms with Crippen LogP contribution in [0.2, 0.25) is 5.02 Å². The van der Waals surface area contributed by atoms with Gasteiger partial charge in [0, 0.05) is 5.02 Å². The summed E-state index contributed by atoms with van der Waals surface area (Å²) in [7, 11) is 0. The molecule has 0 saturated heterocycles. The zero-order chi connectivity index (χ0) is 13.7. The fourth-order valence-corrected chi connectivity index (χ4v) is 2.85. The highest BCUT2D eigenvalue weighted by atomic mass is 35.5. The van der Waals surface area contributed by atoms with Crippen molar-refractivity contribution < 1.29 is 0 Å². The van der Waals surface area contributed by atoms with Crippen molar-refractivity contribution >= 4 is 11.6 Å². The Labute approximate surface area is 122 Å². The molecule has 2 heteroatoms. The molecule has 104 valence electrons. The van der Waals surface area contributed by atoms with Crippen LogP contribution in [0, 0.1) is 6.92 Å². The molecule has 1 aromatic rings. The van der Waals surface area contributed by atoms with Crippen LogP contribution in [0.15, 0.2) is 29.8 Å². The molecule has 0 spiro atoms. The molecule has 0 fully saturated rings. The van der Waals surface area contributed by atoms with Crippen molar-refractivity contribution in [2.24, 2.45) is 0 Å². The van der Waals surface area contributed by atoms with E-state index in [1.807, 2.05) is 0 Å². The SMILES string of the molecule is CCCNC(C1=CCCCC1)c1ccc(C)c(Cl)c1. The Kier molecular flexibility index (Phi) is 5.47. The van der Waals surface area contributed by atoms with Gasteiger partial charge in [0.05, 0.1) is 6.04 Å². The topological polar surface area (TPSA) is 12.0 Å². The Morgan fingerprint density at radius 2 is 2.16 bits per heavy atom. The third-order valence-corrected chi connectivity index (χ3v) is 4.23. The molecular formula is C17H24ClN. The molecule has 0 saturated carbocycles. The Morgan fingerprint density at radius 1 is 1.32 bits per heavy atom. The van der Waals surface area contributed by atoms with Gasteiger partial charge in [-0.25, -0.2) is 0 Å². The maximum absolute atomic E-state index is 6.28. The smallest absolute Gasteiger partial charge is 0.0536 e. The van der Waals surface area contributed by atoms with Gasteiger partial charge in [-0.2, -0.15) is 0 Å². The van der Waals surface area contributed by atoms with Crippen LogP contribution in [-0.4, -0.2) is 6.54 Å². The molecule has 1 atom stereocenters. The van der Waals surface area contributed by atoms with Gasteiger partial charge in [0.15, 0.2) is 0 Å². The number of benzene rings is 1. The van der Waals surface area contributed by atoms with Crippen molar-refractivity contribution in [1.29, 1.82) is 0 Å². The number of halogens is 1. The summed E-state index contributed by atoms with van der Waals surface area (Å²) in [6, 6.07) is 6.81. The number of nitrogens with one attached hydrogen (secondary N) is 1. The van der Waals surface area contributed by atoms with Crippen LogP contribution in [0.4, 0.5) is 0 Å². The first kappa shape index (κ1) is 14.6. The molecule has 1 N–H and O–H groups in total. The average molecular weight is 278 g/mol. The normalized spacial score (nSPS) is 17.1. The minimum Gasteiger partial charge on any atom is -0.307 e. The number of aryl methyl sites for hydroxylation is 1.